The fraction of sp³-hybridized carbons (Fsp3) is 0.562. The van der Waals surface area contributed by atoms with Gasteiger partial charge in [-0.25, -0.2) is 4.79 Å². The highest BCUT2D eigenvalue weighted by Crippen LogP contribution is 2.25. The van der Waals surface area contributed by atoms with Crippen molar-refractivity contribution >= 4 is 17.7 Å². The standard InChI is InChI=1S/C16H23ClN2O3/c1-16(2,3)22-15(20)19-9-12(10-19)18-8-11-5-6-14(21-4)13(17)7-11/h5-7,12,18H,8-10H2,1-4H3. The van der Waals surface area contributed by atoms with E-state index in [-0.39, 0.29) is 12.1 Å². The van der Waals surface area contributed by atoms with Gasteiger partial charge in [-0.1, -0.05) is 17.7 Å². The first-order chi connectivity index (χ1) is 10.3. The van der Waals surface area contributed by atoms with Gasteiger partial charge in [0.15, 0.2) is 0 Å². The second-order valence-electron chi connectivity index (χ2n) is 6.43. The van der Waals surface area contributed by atoms with Crippen molar-refractivity contribution in [3.63, 3.8) is 0 Å². The third-order valence-electron chi connectivity index (χ3n) is 3.34. The van der Waals surface area contributed by atoms with Gasteiger partial charge in [-0.3, -0.25) is 0 Å². The lowest BCUT2D eigenvalue weighted by Gasteiger charge is -2.40. The molecule has 0 radical (unpaired) electrons. The summed E-state index contributed by atoms with van der Waals surface area (Å²) in [6.07, 6.45) is -0.252. The van der Waals surface area contributed by atoms with Crippen molar-refractivity contribution in [2.24, 2.45) is 0 Å². The van der Waals surface area contributed by atoms with Gasteiger partial charge in [0, 0.05) is 25.7 Å². The summed E-state index contributed by atoms with van der Waals surface area (Å²) in [6, 6.07) is 6.00. The van der Waals surface area contributed by atoms with Gasteiger partial charge in [0.2, 0.25) is 0 Å². The number of carbonyl (C=O) groups excluding carboxylic acids is 1. The van der Waals surface area contributed by atoms with Crippen molar-refractivity contribution in [1.82, 2.24) is 10.2 Å². The molecule has 22 heavy (non-hydrogen) atoms. The molecule has 1 aromatic rings. The molecule has 1 saturated heterocycles. The highest BCUT2D eigenvalue weighted by Gasteiger charge is 2.33. The van der Waals surface area contributed by atoms with E-state index < -0.39 is 5.60 Å². The molecule has 0 spiro atoms. The summed E-state index contributed by atoms with van der Waals surface area (Å²) in [5.41, 5.74) is 0.636. The second kappa shape index (κ2) is 6.75. The van der Waals surface area contributed by atoms with Crippen LogP contribution in [0.3, 0.4) is 0 Å². The molecule has 1 aliphatic rings. The van der Waals surface area contributed by atoms with Crippen LogP contribution in [0.4, 0.5) is 4.79 Å². The van der Waals surface area contributed by atoms with Gasteiger partial charge in [0.1, 0.15) is 11.4 Å². The first-order valence-electron chi connectivity index (χ1n) is 7.32. The van der Waals surface area contributed by atoms with E-state index in [2.05, 4.69) is 5.32 Å². The molecule has 1 aromatic carbocycles. The van der Waals surface area contributed by atoms with Crippen molar-refractivity contribution in [1.29, 1.82) is 0 Å². The number of carbonyl (C=O) groups is 1. The SMILES string of the molecule is COc1ccc(CNC2CN(C(=O)OC(C)(C)C)C2)cc1Cl. The number of ether oxygens (including phenoxy) is 2. The Balaban J connectivity index is 1.74. The number of benzene rings is 1. The molecule has 0 bridgehead atoms. The van der Waals surface area contributed by atoms with Gasteiger partial charge in [-0.2, -0.15) is 0 Å². The minimum absolute atomic E-state index is 0.252. The molecular weight excluding hydrogens is 304 g/mol. The number of rotatable bonds is 4. The van der Waals surface area contributed by atoms with Gasteiger partial charge >= 0.3 is 6.09 Å². The van der Waals surface area contributed by atoms with Crippen LogP contribution >= 0.6 is 11.6 Å². The summed E-state index contributed by atoms with van der Waals surface area (Å²) in [7, 11) is 1.60. The number of nitrogens with one attached hydrogen (secondary N) is 1. The molecule has 122 valence electrons. The van der Waals surface area contributed by atoms with Crippen molar-refractivity contribution in [2.75, 3.05) is 20.2 Å². The second-order valence-corrected chi connectivity index (χ2v) is 6.84. The van der Waals surface area contributed by atoms with Crippen LogP contribution in [0, 0.1) is 0 Å². The van der Waals surface area contributed by atoms with Gasteiger partial charge in [0.05, 0.1) is 12.1 Å². The normalized spacial score (nSPS) is 15.4. The Morgan fingerprint density at radius 2 is 2.09 bits per heavy atom. The molecule has 1 fully saturated rings. The van der Waals surface area contributed by atoms with Crippen LogP contribution in [0.2, 0.25) is 5.02 Å². The lowest BCUT2D eigenvalue weighted by Crippen LogP contribution is -2.60. The predicted molar refractivity (Wildman–Crippen MR) is 86.4 cm³/mol. The molecule has 2 rings (SSSR count). The van der Waals surface area contributed by atoms with Crippen LogP contribution in [-0.4, -0.2) is 42.8 Å². The van der Waals surface area contributed by atoms with Gasteiger partial charge in [-0.05, 0) is 38.5 Å². The Labute approximate surface area is 136 Å². The first kappa shape index (κ1) is 16.9. The molecule has 1 aliphatic heterocycles. The maximum absolute atomic E-state index is 11.8. The summed E-state index contributed by atoms with van der Waals surface area (Å²) in [4.78, 5) is 13.5. The molecule has 1 N–H and O–H groups in total. The molecule has 1 amide bonds. The third kappa shape index (κ3) is 4.52. The van der Waals surface area contributed by atoms with Crippen molar-refractivity contribution in [2.45, 2.75) is 39.0 Å². The van der Waals surface area contributed by atoms with Crippen LogP contribution in [-0.2, 0) is 11.3 Å². The molecule has 1 heterocycles. The average Bonchev–Trinajstić information content (AvgIpc) is 2.34. The molecule has 0 aromatic heterocycles. The molecule has 0 aliphatic carbocycles. The van der Waals surface area contributed by atoms with Crippen LogP contribution in [0.15, 0.2) is 18.2 Å². The highest BCUT2D eigenvalue weighted by atomic mass is 35.5. The Hall–Kier alpha value is -1.46. The number of nitrogens with zero attached hydrogens (tertiary/aromatic N) is 1. The minimum Gasteiger partial charge on any atom is -0.495 e. The van der Waals surface area contributed by atoms with Gasteiger partial charge in [-0.15, -0.1) is 0 Å². The molecule has 0 unspecified atom stereocenters. The molecule has 0 atom stereocenters. The average molecular weight is 327 g/mol. The van der Waals surface area contributed by atoms with E-state index in [0.29, 0.717) is 30.4 Å². The summed E-state index contributed by atoms with van der Waals surface area (Å²) in [5.74, 6) is 0.671. The van der Waals surface area contributed by atoms with Crippen molar-refractivity contribution in [3.8, 4) is 5.75 Å². The van der Waals surface area contributed by atoms with Crippen LogP contribution in [0.5, 0.6) is 5.75 Å². The van der Waals surface area contributed by atoms with Crippen LogP contribution in [0.25, 0.3) is 0 Å². The maximum Gasteiger partial charge on any atom is 0.410 e. The zero-order valence-electron chi connectivity index (χ0n) is 13.5. The molecule has 5 nitrogen and oxygen atoms in total. The monoisotopic (exact) mass is 326 g/mol. The van der Waals surface area contributed by atoms with Crippen molar-refractivity contribution < 1.29 is 14.3 Å². The van der Waals surface area contributed by atoms with E-state index in [1.807, 2.05) is 39.0 Å². The van der Waals surface area contributed by atoms with Crippen LogP contribution < -0.4 is 10.1 Å². The van der Waals surface area contributed by atoms with E-state index in [9.17, 15) is 4.79 Å². The van der Waals surface area contributed by atoms with E-state index in [4.69, 9.17) is 21.1 Å². The number of halogens is 1. The zero-order chi connectivity index (χ0) is 16.3. The van der Waals surface area contributed by atoms with E-state index >= 15 is 0 Å². The van der Waals surface area contributed by atoms with Crippen LogP contribution in [0.1, 0.15) is 26.3 Å². The number of hydrogen-bond donors (Lipinski definition) is 1. The lowest BCUT2D eigenvalue weighted by atomic mass is 10.1. The summed E-state index contributed by atoms with van der Waals surface area (Å²) < 4.78 is 10.4. The van der Waals surface area contributed by atoms with E-state index in [1.54, 1.807) is 12.0 Å². The summed E-state index contributed by atoms with van der Waals surface area (Å²) >= 11 is 6.10. The predicted octanol–water partition coefficient (Wildman–Crippen LogP) is 3.06. The Bertz CT molecular complexity index is 537. The lowest BCUT2D eigenvalue weighted by molar-refractivity contribution is 0.00519. The fourth-order valence-corrected chi connectivity index (χ4v) is 2.45. The number of methoxy groups -OCH3 is 1. The maximum atomic E-state index is 11.8. The topological polar surface area (TPSA) is 50.8 Å². The Kier molecular flexibility index (Phi) is 5.19. The molecule has 0 saturated carbocycles. The zero-order valence-corrected chi connectivity index (χ0v) is 14.2. The smallest absolute Gasteiger partial charge is 0.410 e. The summed E-state index contributed by atoms with van der Waals surface area (Å²) in [5, 5.41) is 4.00. The minimum atomic E-state index is -0.449. The largest absolute Gasteiger partial charge is 0.495 e. The number of likely N-dealkylation sites (tertiary alicyclic amines) is 1. The third-order valence-corrected chi connectivity index (χ3v) is 3.64. The van der Waals surface area contributed by atoms with E-state index in [1.165, 1.54) is 0 Å². The van der Waals surface area contributed by atoms with Gasteiger partial charge in [0.25, 0.3) is 0 Å². The van der Waals surface area contributed by atoms with Gasteiger partial charge < -0.3 is 19.7 Å². The molecule has 6 heteroatoms. The number of hydrogen-bond acceptors (Lipinski definition) is 4. The van der Waals surface area contributed by atoms with E-state index in [0.717, 1.165) is 5.56 Å². The highest BCUT2D eigenvalue weighted by molar-refractivity contribution is 6.32. The fourth-order valence-electron chi connectivity index (χ4n) is 2.17. The Morgan fingerprint density at radius 1 is 1.41 bits per heavy atom. The first-order valence-corrected chi connectivity index (χ1v) is 7.70. The number of amides is 1. The van der Waals surface area contributed by atoms with Crippen molar-refractivity contribution in [3.05, 3.63) is 28.8 Å². The quantitative estimate of drug-likeness (QED) is 0.924. The molecular formula is C16H23ClN2O3. The Morgan fingerprint density at radius 3 is 2.64 bits per heavy atom. The summed E-state index contributed by atoms with van der Waals surface area (Å²) in [6.45, 7) is 7.64.